The topological polar surface area (TPSA) is 66.9 Å². The van der Waals surface area contributed by atoms with Crippen molar-refractivity contribution in [1.29, 1.82) is 0 Å². The van der Waals surface area contributed by atoms with Gasteiger partial charge >= 0.3 is 0 Å². The lowest BCUT2D eigenvalue weighted by Crippen LogP contribution is -2.30. The Balaban J connectivity index is 1.37. The molecule has 4 rings (SSSR count). The van der Waals surface area contributed by atoms with Gasteiger partial charge in [-0.2, -0.15) is 0 Å². The maximum absolute atomic E-state index is 12.4. The van der Waals surface area contributed by atoms with Crippen molar-refractivity contribution in [2.24, 2.45) is 17.8 Å². The van der Waals surface area contributed by atoms with Crippen molar-refractivity contribution >= 4 is 17.5 Å². The molecule has 5 heteroatoms. The number of amides is 1. The van der Waals surface area contributed by atoms with Crippen molar-refractivity contribution in [2.75, 3.05) is 11.9 Å². The van der Waals surface area contributed by atoms with Gasteiger partial charge in [0.1, 0.15) is 0 Å². The van der Waals surface area contributed by atoms with Crippen LogP contribution in [-0.4, -0.2) is 22.4 Å². The second-order valence-corrected chi connectivity index (χ2v) is 6.53. The zero-order valence-electron chi connectivity index (χ0n) is 13.4. The molecule has 0 saturated heterocycles. The van der Waals surface area contributed by atoms with Crippen molar-refractivity contribution in [3.8, 4) is 0 Å². The molecule has 2 aliphatic rings. The summed E-state index contributed by atoms with van der Waals surface area (Å²) < 4.78 is 0. The van der Waals surface area contributed by atoms with Crippen LogP contribution in [0.15, 0.2) is 54.9 Å². The Morgan fingerprint density at radius 2 is 2.00 bits per heavy atom. The van der Waals surface area contributed by atoms with Gasteiger partial charge in [0.2, 0.25) is 5.95 Å². The van der Waals surface area contributed by atoms with E-state index in [1.54, 1.807) is 18.5 Å². The number of fused-ring (bicyclic) bond motifs is 2. The van der Waals surface area contributed by atoms with E-state index in [0.29, 0.717) is 23.3 Å². The van der Waals surface area contributed by atoms with Crippen molar-refractivity contribution in [1.82, 2.24) is 15.3 Å². The molecule has 24 heavy (non-hydrogen) atoms. The zero-order valence-corrected chi connectivity index (χ0v) is 13.4. The molecular formula is C19H20N4O. The third kappa shape index (κ3) is 3.15. The number of nitrogens with one attached hydrogen (secondary N) is 2. The van der Waals surface area contributed by atoms with Crippen molar-refractivity contribution < 1.29 is 4.79 Å². The molecule has 1 saturated carbocycles. The van der Waals surface area contributed by atoms with Crippen LogP contribution in [0.1, 0.15) is 23.2 Å². The number of rotatable bonds is 5. The molecule has 2 N–H and O–H groups in total. The molecule has 2 aromatic rings. The maximum Gasteiger partial charge on any atom is 0.251 e. The van der Waals surface area contributed by atoms with Crippen LogP contribution in [0.25, 0.3) is 0 Å². The molecule has 0 aliphatic heterocycles. The molecule has 0 spiro atoms. The van der Waals surface area contributed by atoms with Gasteiger partial charge in [-0.1, -0.05) is 18.2 Å². The summed E-state index contributed by atoms with van der Waals surface area (Å²) in [6.45, 7) is 0.754. The first kappa shape index (κ1) is 14.9. The van der Waals surface area contributed by atoms with E-state index in [-0.39, 0.29) is 5.91 Å². The van der Waals surface area contributed by atoms with Gasteiger partial charge in [-0.3, -0.25) is 4.79 Å². The molecule has 1 fully saturated rings. The molecule has 122 valence electrons. The van der Waals surface area contributed by atoms with Gasteiger partial charge in [-0.15, -0.1) is 0 Å². The fraction of sp³-hybridized carbons (Fsp3) is 0.316. The average Bonchev–Trinajstić information content (AvgIpc) is 3.24. The van der Waals surface area contributed by atoms with Crippen LogP contribution in [-0.2, 0) is 0 Å². The van der Waals surface area contributed by atoms with E-state index in [1.165, 1.54) is 12.8 Å². The minimum Gasteiger partial charge on any atom is -0.352 e. The van der Waals surface area contributed by atoms with Crippen LogP contribution >= 0.6 is 0 Å². The fourth-order valence-electron chi connectivity index (χ4n) is 3.69. The van der Waals surface area contributed by atoms with Gasteiger partial charge in [0.25, 0.3) is 5.91 Å². The minimum atomic E-state index is -0.0283. The van der Waals surface area contributed by atoms with E-state index in [1.807, 2.05) is 24.3 Å². The highest BCUT2D eigenvalue weighted by Gasteiger charge is 2.35. The number of aromatic nitrogens is 2. The monoisotopic (exact) mass is 320 g/mol. The molecule has 1 amide bonds. The van der Waals surface area contributed by atoms with Gasteiger partial charge in [0, 0.05) is 30.2 Å². The third-order valence-electron chi connectivity index (χ3n) is 4.89. The number of anilines is 2. The molecule has 1 aromatic heterocycles. The number of hydrogen-bond acceptors (Lipinski definition) is 4. The van der Waals surface area contributed by atoms with Crippen LogP contribution in [0.5, 0.6) is 0 Å². The Morgan fingerprint density at radius 1 is 1.12 bits per heavy atom. The van der Waals surface area contributed by atoms with E-state index in [9.17, 15) is 4.79 Å². The van der Waals surface area contributed by atoms with Crippen molar-refractivity contribution in [2.45, 2.75) is 12.8 Å². The first-order valence-corrected chi connectivity index (χ1v) is 8.38. The minimum absolute atomic E-state index is 0.0283. The lowest BCUT2D eigenvalue weighted by Gasteiger charge is -2.18. The molecule has 2 bridgehead atoms. The standard InChI is InChI=1S/C19H20N4O/c24-18(22-12-16-10-13-5-6-14(16)9-13)15-3-1-4-17(11-15)23-19-20-7-2-8-21-19/h1-8,11,13-14,16H,9-10,12H2,(H,22,24)(H,20,21,23)/t13-,14+,16+/m1/s1. The lowest BCUT2D eigenvalue weighted by atomic mass is 9.93. The summed E-state index contributed by atoms with van der Waals surface area (Å²) in [4.78, 5) is 20.7. The summed E-state index contributed by atoms with van der Waals surface area (Å²) in [7, 11) is 0. The Labute approximate surface area is 141 Å². The molecule has 3 atom stereocenters. The molecule has 0 radical (unpaired) electrons. The first-order valence-electron chi connectivity index (χ1n) is 8.38. The van der Waals surface area contributed by atoms with E-state index in [2.05, 4.69) is 32.8 Å². The number of carbonyl (C=O) groups excluding carboxylic acids is 1. The van der Waals surface area contributed by atoms with E-state index in [4.69, 9.17) is 0 Å². The second-order valence-electron chi connectivity index (χ2n) is 6.53. The Bertz CT molecular complexity index is 759. The molecule has 1 heterocycles. The molecule has 0 unspecified atom stereocenters. The number of allylic oxidation sites excluding steroid dienone is 2. The molecule has 1 aromatic carbocycles. The Kier molecular flexibility index (Phi) is 3.99. The summed E-state index contributed by atoms with van der Waals surface area (Å²) in [6, 6.07) is 9.17. The van der Waals surface area contributed by atoms with E-state index < -0.39 is 0 Å². The van der Waals surface area contributed by atoms with E-state index in [0.717, 1.165) is 18.2 Å². The van der Waals surface area contributed by atoms with Gasteiger partial charge in [0.15, 0.2) is 0 Å². The average molecular weight is 320 g/mol. The predicted octanol–water partition coefficient (Wildman–Crippen LogP) is 3.16. The van der Waals surface area contributed by atoms with Crippen molar-refractivity contribution in [3.63, 3.8) is 0 Å². The van der Waals surface area contributed by atoms with Gasteiger partial charge in [0.05, 0.1) is 0 Å². The highest BCUT2D eigenvalue weighted by Crippen LogP contribution is 2.42. The van der Waals surface area contributed by atoms with Crippen LogP contribution < -0.4 is 10.6 Å². The lowest BCUT2D eigenvalue weighted by molar-refractivity contribution is 0.0945. The Hall–Kier alpha value is -2.69. The molecule has 5 nitrogen and oxygen atoms in total. The third-order valence-corrected chi connectivity index (χ3v) is 4.89. The quantitative estimate of drug-likeness (QED) is 0.831. The largest absolute Gasteiger partial charge is 0.352 e. The molecular weight excluding hydrogens is 300 g/mol. The summed E-state index contributed by atoms with van der Waals surface area (Å²) in [6.07, 6.45) is 10.5. The van der Waals surface area contributed by atoms with Crippen LogP contribution in [0.3, 0.4) is 0 Å². The van der Waals surface area contributed by atoms with Gasteiger partial charge in [-0.05, 0) is 54.9 Å². The first-order chi connectivity index (χ1) is 11.8. The molecule has 2 aliphatic carbocycles. The summed E-state index contributed by atoms with van der Waals surface area (Å²) >= 11 is 0. The zero-order chi connectivity index (χ0) is 16.4. The summed E-state index contributed by atoms with van der Waals surface area (Å²) in [5, 5.41) is 6.19. The second kappa shape index (κ2) is 6.43. The van der Waals surface area contributed by atoms with Crippen LogP contribution in [0.2, 0.25) is 0 Å². The normalized spacial score (nSPS) is 24.1. The number of hydrogen-bond donors (Lipinski definition) is 2. The summed E-state index contributed by atoms with van der Waals surface area (Å²) in [5.41, 5.74) is 1.45. The fourth-order valence-corrected chi connectivity index (χ4v) is 3.69. The highest BCUT2D eigenvalue weighted by molar-refractivity contribution is 5.95. The number of benzene rings is 1. The SMILES string of the molecule is O=C(NC[C@@H]1C[C@@H]2C=C[C@H]1C2)c1cccc(Nc2ncccn2)c1. The predicted molar refractivity (Wildman–Crippen MR) is 92.9 cm³/mol. The maximum atomic E-state index is 12.4. The van der Waals surface area contributed by atoms with Crippen LogP contribution in [0.4, 0.5) is 11.6 Å². The number of nitrogens with zero attached hydrogens (tertiary/aromatic N) is 2. The summed E-state index contributed by atoms with van der Waals surface area (Å²) in [5.74, 6) is 2.46. The highest BCUT2D eigenvalue weighted by atomic mass is 16.1. The van der Waals surface area contributed by atoms with E-state index >= 15 is 0 Å². The smallest absolute Gasteiger partial charge is 0.251 e. The van der Waals surface area contributed by atoms with Gasteiger partial charge < -0.3 is 10.6 Å². The van der Waals surface area contributed by atoms with Crippen LogP contribution in [0, 0.1) is 17.8 Å². The number of carbonyl (C=O) groups is 1. The van der Waals surface area contributed by atoms with Gasteiger partial charge in [-0.25, -0.2) is 9.97 Å². The Morgan fingerprint density at radius 3 is 2.75 bits per heavy atom. The van der Waals surface area contributed by atoms with Crippen molar-refractivity contribution in [3.05, 3.63) is 60.4 Å².